The summed E-state index contributed by atoms with van der Waals surface area (Å²) in [6, 6.07) is 8.39. The van der Waals surface area contributed by atoms with Crippen LogP contribution in [0.3, 0.4) is 0 Å². The van der Waals surface area contributed by atoms with E-state index in [9.17, 15) is 0 Å². The summed E-state index contributed by atoms with van der Waals surface area (Å²) in [5, 5.41) is 9.05. The summed E-state index contributed by atoms with van der Waals surface area (Å²) in [6.45, 7) is 1.23. The summed E-state index contributed by atoms with van der Waals surface area (Å²) in [7, 11) is 0. The predicted octanol–water partition coefficient (Wildman–Crippen LogP) is 2.30. The molecule has 3 rings (SSSR count). The Hall–Kier alpha value is -1.69. The van der Waals surface area contributed by atoms with E-state index in [1.54, 1.807) is 0 Å². The molecule has 0 N–H and O–H groups in total. The molecule has 0 aromatic heterocycles. The van der Waals surface area contributed by atoms with E-state index in [-0.39, 0.29) is 5.41 Å². The zero-order valence-corrected chi connectivity index (χ0v) is 9.03. The van der Waals surface area contributed by atoms with Gasteiger partial charge in [-0.15, -0.1) is 0 Å². The standard InChI is InChI=1S/C13H13NO2/c14-9-13(3-4-13)8-10-1-2-11-12(7-10)16-6-5-15-11/h1-2,7H,3-6,8H2. The summed E-state index contributed by atoms with van der Waals surface area (Å²) in [5.74, 6) is 1.63. The molecule has 1 aromatic carbocycles. The number of nitrogens with zero attached hydrogens (tertiary/aromatic N) is 1. The molecule has 1 heterocycles. The van der Waals surface area contributed by atoms with Gasteiger partial charge in [-0.1, -0.05) is 6.07 Å². The topological polar surface area (TPSA) is 42.2 Å². The molecule has 0 unspecified atom stereocenters. The quantitative estimate of drug-likeness (QED) is 0.760. The van der Waals surface area contributed by atoms with Crippen LogP contribution in [0.4, 0.5) is 0 Å². The van der Waals surface area contributed by atoms with Gasteiger partial charge in [-0.25, -0.2) is 0 Å². The van der Waals surface area contributed by atoms with Gasteiger partial charge in [0.25, 0.3) is 0 Å². The zero-order valence-electron chi connectivity index (χ0n) is 9.03. The third-order valence-electron chi connectivity index (χ3n) is 3.24. The fourth-order valence-electron chi connectivity index (χ4n) is 2.07. The fourth-order valence-corrected chi connectivity index (χ4v) is 2.07. The third-order valence-corrected chi connectivity index (χ3v) is 3.24. The average molecular weight is 215 g/mol. The number of benzene rings is 1. The summed E-state index contributed by atoms with van der Waals surface area (Å²) in [5.41, 5.74) is 1.08. The van der Waals surface area contributed by atoms with Gasteiger partial charge >= 0.3 is 0 Å². The van der Waals surface area contributed by atoms with Crippen LogP contribution in [0.25, 0.3) is 0 Å². The molecule has 1 aliphatic carbocycles. The van der Waals surface area contributed by atoms with E-state index in [1.165, 1.54) is 5.56 Å². The van der Waals surface area contributed by atoms with E-state index < -0.39 is 0 Å². The van der Waals surface area contributed by atoms with Gasteiger partial charge in [-0.2, -0.15) is 5.26 Å². The average Bonchev–Trinajstić information content (AvgIpc) is 3.09. The Morgan fingerprint density at radius 3 is 2.62 bits per heavy atom. The van der Waals surface area contributed by atoms with Crippen molar-refractivity contribution in [2.75, 3.05) is 13.2 Å². The number of fused-ring (bicyclic) bond motifs is 1. The number of ether oxygens (including phenoxy) is 2. The third kappa shape index (κ3) is 1.61. The molecule has 16 heavy (non-hydrogen) atoms. The SMILES string of the molecule is N#CC1(Cc2ccc3c(c2)OCCO3)CC1. The van der Waals surface area contributed by atoms with Crippen LogP contribution < -0.4 is 9.47 Å². The van der Waals surface area contributed by atoms with Crippen molar-refractivity contribution in [2.24, 2.45) is 5.41 Å². The van der Waals surface area contributed by atoms with Crippen LogP contribution in [0.15, 0.2) is 18.2 Å². The Bertz CT molecular complexity index is 457. The van der Waals surface area contributed by atoms with Crippen LogP contribution in [-0.4, -0.2) is 13.2 Å². The van der Waals surface area contributed by atoms with Gasteiger partial charge in [0.05, 0.1) is 11.5 Å². The molecule has 0 radical (unpaired) electrons. The van der Waals surface area contributed by atoms with Crippen molar-refractivity contribution in [3.8, 4) is 17.6 Å². The number of hydrogen-bond acceptors (Lipinski definition) is 3. The second kappa shape index (κ2) is 3.41. The highest BCUT2D eigenvalue weighted by Crippen LogP contribution is 2.48. The van der Waals surface area contributed by atoms with Crippen LogP contribution in [0.5, 0.6) is 11.5 Å². The van der Waals surface area contributed by atoms with Crippen molar-refractivity contribution < 1.29 is 9.47 Å². The lowest BCUT2D eigenvalue weighted by atomic mass is 9.98. The Morgan fingerprint density at radius 1 is 1.19 bits per heavy atom. The predicted molar refractivity (Wildman–Crippen MR) is 58.4 cm³/mol. The van der Waals surface area contributed by atoms with Crippen molar-refractivity contribution in [3.05, 3.63) is 23.8 Å². The van der Waals surface area contributed by atoms with Crippen molar-refractivity contribution in [2.45, 2.75) is 19.3 Å². The normalized spacial score (nSPS) is 19.9. The highest BCUT2D eigenvalue weighted by molar-refractivity contribution is 5.44. The molecular formula is C13H13NO2. The molecule has 0 bridgehead atoms. The first-order valence-corrected chi connectivity index (χ1v) is 5.61. The van der Waals surface area contributed by atoms with Crippen LogP contribution in [-0.2, 0) is 6.42 Å². The molecule has 3 nitrogen and oxygen atoms in total. The summed E-state index contributed by atoms with van der Waals surface area (Å²) < 4.78 is 11.0. The van der Waals surface area contributed by atoms with Gasteiger partial charge in [-0.3, -0.25) is 0 Å². The Kier molecular flexibility index (Phi) is 2.03. The van der Waals surface area contributed by atoms with Gasteiger partial charge < -0.3 is 9.47 Å². The zero-order chi connectivity index (χ0) is 11.0. The lowest BCUT2D eigenvalue weighted by Crippen LogP contribution is -2.15. The Balaban J connectivity index is 1.84. The van der Waals surface area contributed by atoms with Crippen LogP contribution in [0, 0.1) is 16.7 Å². The fraction of sp³-hybridized carbons (Fsp3) is 0.462. The first-order chi connectivity index (χ1) is 7.81. The van der Waals surface area contributed by atoms with Crippen molar-refractivity contribution in [1.82, 2.24) is 0 Å². The highest BCUT2D eigenvalue weighted by Gasteiger charge is 2.43. The van der Waals surface area contributed by atoms with Gasteiger partial charge in [-0.05, 0) is 37.0 Å². The molecular weight excluding hydrogens is 202 g/mol. The van der Waals surface area contributed by atoms with Gasteiger partial charge in [0.2, 0.25) is 0 Å². The number of nitriles is 1. The number of hydrogen-bond donors (Lipinski definition) is 0. The maximum atomic E-state index is 9.05. The molecule has 2 aliphatic rings. The molecule has 0 spiro atoms. The molecule has 1 aliphatic heterocycles. The van der Waals surface area contributed by atoms with E-state index in [4.69, 9.17) is 14.7 Å². The molecule has 0 amide bonds. The Labute approximate surface area is 94.6 Å². The Morgan fingerprint density at radius 2 is 1.94 bits per heavy atom. The van der Waals surface area contributed by atoms with Crippen LogP contribution in [0.2, 0.25) is 0 Å². The molecule has 1 aromatic rings. The summed E-state index contributed by atoms with van der Waals surface area (Å²) in [6.07, 6.45) is 2.88. The summed E-state index contributed by atoms with van der Waals surface area (Å²) >= 11 is 0. The monoisotopic (exact) mass is 215 g/mol. The van der Waals surface area contributed by atoms with E-state index in [2.05, 4.69) is 6.07 Å². The minimum atomic E-state index is -0.0935. The molecule has 82 valence electrons. The summed E-state index contributed by atoms with van der Waals surface area (Å²) in [4.78, 5) is 0. The maximum absolute atomic E-state index is 9.05. The molecule has 1 saturated carbocycles. The van der Waals surface area contributed by atoms with Crippen LogP contribution in [0.1, 0.15) is 18.4 Å². The first-order valence-electron chi connectivity index (χ1n) is 5.61. The minimum absolute atomic E-state index is 0.0935. The van der Waals surface area contributed by atoms with Gasteiger partial charge in [0.1, 0.15) is 13.2 Å². The van der Waals surface area contributed by atoms with Crippen LogP contribution >= 0.6 is 0 Å². The van der Waals surface area contributed by atoms with E-state index >= 15 is 0 Å². The largest absolute Gasteiger partial charge is 0.486 e. The lowest BCUT2D eigenvalue weighted by molar-refractivity contribution is 0.171. The second-order valence-corrected chi connectivity index (χ2v) is 4.55. The van der Waals surface area contributed by atoms with E-state index in [0.717, 1.165) is 30.8 Å². The lowest BCUT2D eigenvalue weighted by Gasteiger charge is -2.19. The van der Waals surface area contributed by atoms with Crippen molar-refractivity contribution >= 4 is 0 Å². The van der Waals surface area contributed by atoms with E-state index in [1.807, 2.05) is 18.2 Å². The van der Waals surface area contributed by atoms with E-state index in [0.29, 0.717) is 13.2 Å². The molecule has 3 heteroatoms. The van der Waals surface area contributed by atoms with Crippen molar-refractivity contribution in [1.29, 1.82) is 5.26 Å². The highest BCUT2D eigenvalue weighted by atomic mass is 16.6. The molecule has 1 fully saturated rings. The van der Waals surface area contributed by atoms with Gasteiger partial charge in [0, 0.05) is 0 Å². The molecule has 0 saturated heterocycles. The number of rotatable bonds is 2. The van der Waals surface area contributed by atoms with Gasteiger partial charge in [0.15, 0.2) is 11.5 Å². The second-order valence-electron chi connectivity index (χ2n) is 4.55. The maximum Gasteiger partial charge on any atom is 0.161 e. The minimum Gasteiger partial charge on any atom is -0.486 e. The smallest absolute Gasteiger partial charge is 0.161 e. The molecule has 0 atom stereocenters. The van der Waals surface area contributed by atoms with Crippen molar-refractivity contribution in [3.63, 3.8) is 0 Å². The first kappa shape index (κ1) is 9.53.